The number of benzene rings is 1. The first-order chi connectivity index (χ1) is 10.9. The predicted molar refractivity (Wildman–Crippen MR) is 87.3 cm³/mol. The van der Waals surface area contributed by atoms with E-state index in [2.05, 4.69) is 10.4 Å². The normalized spacial score (nSPS) is 12.7. The molecule has 6 heteroatoms. The van der Waals surface area contributed by atoms with Crippen molar-refractivity contribution in [3.63, 3.8) is 0 Å². The van der Waals surface area contributed by atoms with Crippen molar-refractivity contribution in [1.82, 2.24) is 20.0 Å². The molecule has 0 aliphatic heterocycles. The summed E-state index contributed by atoms with van der Waals surface area (Å²) < 4.78 is 15.8. The number of hydrogen-bond donors (Lipinski definition) is 1. The monoisotopic (exact) mass is 318 g/mol. The van der Waals surface area contributed by atoms with Gasteiger partial charge in [0, 0.05) is 29.9 Å². The molecule has 0 bridgehead atoms. The van der Waals surface area contributed by atoms with Crippen molar-refractivity contribution in [2.45, 2.75) is 32.5 Å². The summed E-state index contributed by atoms with van der Waals surface area (Å²) in [7, 11) is 3.51. The molecule has 0 unspecified atom stereocenters. The van der Waals surface area contributed by atoms with Crippen molar-refractivity contribution in [1.29, 1.82) is 0 Å². The number of rotatable bonds is 6. The van der Waals surface area contributed by atoms with Gasteiger partial charge < -0.3 is 5.32 Å². The number of likely N-dealkylation sites (N-methyl/N-ethyl adjacent to an activating group) is 1. The molecule has 1 atom stereocenters. The van der Waals surface area contributed by atoms with E-state index >= 15 is 0 Å². The van der Waals surface area contributed by atoms with Gasteiger partial charge in [-0.1, -0.05) is 18.2 Å². The number of carbonyl (C=O) groups excluding carboxylic acids is 1. The first-order valence-electron chi connectivity index (χ1n) is 7.61. The highest BCUT2D eigenvalue weighted by molar-refractivity contribution is 5.83. The molecule has 2 aromatic rings. The summed E-state index contributed by atoms with van der Waals surface area (Å²) in [6, 6.07) is 5.95. The van der Waals surface area contributed by atoms with Crippen LogP contribution in [-0.4, -0.2) is 34.7 Å². The SMILES string of the molecule is CC(C)n1cc(CNC(=O)[C@H](c2ccccc2F)N(C)C)cn1. The molecule has 5 nitrogen and oxygen atoms in total. The van der Waals surface area contributed by atoms with Gasteiger partial charge in [0.05, 0.1) is 6.20 Å². The third-order valence-electron chi connectivity index (χ3n) is 3.62. The van der Waals surface area contributed by atoms with Crippen LogP contribution in [0.4, 0.5) is 4.39 Å². The van der Waals surface area contributed by atoms with Crippen LogP contribution >= 0.6 is 0 Å². The minimum absolute atomic E-state index is 0.239. The summed E-state index contributed by atoms with van der Waals surface area (Å²) >= 11 is 0. The van der Waals surface area contributed by atoms with Crippen LogP contribution in [0.25, 0.3) is 0 Å². The maximum atomic E-state index is 14.0. The minimum atomic E-state index is -0.670. The topological polar surface area (TPSA) is 50.2 Å². The van der Waals surface area contributed by atoms with Crippen LogP contribution in [0.3, 0.4) is 0 Å². The van der Waals surface area contributed by atoms with Gasteiger partial charge in [0.2, 0.25) is 5.91 Å². The number of nitrogens with one attached hydrogen (secondary N) is 1. The lowest BCUT2D eigenvalue weighted by Gasteiger charge is -2.24. The highest BCUT2D eigenvalue weighted by Gasteiger charge is 2.25. The average molecular weight is 318 g/mol. The number of aromatic nitrogens is 2. The third kappa shape index (κ3) is 4.16. The smallest absolute Gasteiger partial charge is 0.242 e. The fourth-order valence-electron chi connectivity index (χ4n) is 2.39. The lowest BCUT2D eigenvalue weighted by atomic mass is 10.0. The molecule has 0 aliphatic carbocycles. The Bertz CT molecular complexity index is 666. The number of carbonyl (C=O) groups is 1. The molecule has 0 spiro atoms. The lowest BCUT2D eigenvalue weighted by molar-refractivity contribution is -0.126. The summed E-state index contributed by atoms with van der Waals surface area (Å²) in [5.74, 6) is -0.619. The van der Waals surface area contributed by atoms with Gasteiger partial charge in [0.1, 0.15) is 11.9 Å². The Morgan fingerprint density at radius 2 is 2.04 bits per heavy atom. The molecular weight excluding hydrogens is 295 g/mol. The van der Waals surface area contributed by atoms with E-state index < -0.39 is 6.04 Å². The van der Waals surface area contributed by atoms with Gasteiger partial charge in [-0.2, -0.15) is 5.10 Å². The van der Waals surface area contributed by atoms with Crippen LogP contribution in [-0.2, 0) is 11.3 Å². The molecule has 1 aromatic carbocycles. The van der Waals surface area contributed by atoms with Gasteiger partial charge in [-0.3, -0.25) is 14.4 Å². The highest BCUT2D eigenvalue weighted by atomic mass is 19.1. The van der Waals surface area contributed by atoms with Crippen LogP contribution < -0.4 is 5.32 Å². The highest BCUT2D eigenvalue weighted by Crippen LogP contribution is 2.21. The molecule has 1 aromatic heterocycles. The number of hydrogen-bond acceptors (Lipinski definition) is 3. The van der Waals surface area contributed by atoms with E-state index in [0.29, 0.717) is 12.1 Å². The van der Waals surface area contributed by atoms with E-state index in [9.17, 15) is 9.18 Å². The van der Waals surface area contributed by atoms with Crippen LogP contribution in [0.1, 0.15) is 37.1 Å². The van der Waals surface area contributed by atoms with Gasteiger partial charge in [-0.25, -0.2) is 4.39 Å². The Kier molecular flexibility index (Phi) is 5.50. The van der Waals surface area contributed by atoms with Crippen LogP contribution in [0, 0.1) is 5.82 Å². The molecule has 1 heterocycles. The molecule has 23 heavy (non-hydrogen) atoms. The Morgan fingerprint density at radius 1 is 1.35 bits per heavy atom. The Hall–Kier alpha value is -2.21. The Labute approximate surface area is 136 Å². The number of halogens is 1. The Balaban J connectivity index is 2.08. The van der Waals surface area contributed by atoms with Crippen molar-refractivity contribution >= 4 is 5.91 Å². The second-order valence-corrected chi connectivity index (χ2v) is 6.03. The first kappa shape index (κ1) is 17.1. The van der Waals surface area contributed by atoms with E-state index in [1.807, 2.05) is 24.7 Å². The largest absolute Gasteiger partial charge is 0.350 e. The van der Waals surface area contributed by atoms with E-state index in [1.54, 1.807) is 43.4 Å². The lowest BCUT2D eigenvalue weighted by Crippen LogP contribution is -2.37. The zero-order valence-electron chi connectivity index (χ0n) is 14.0. The maximum Gasteiger partial charge on any atom is 0.242 e. The van der Waals surface area contributed by atoms with E-state index in [-0.39, 0.29) is 17.8 Å². The van der Waals surface area contributed by atoms with Crippen LogP contribution in [0.2, 0.25) is 0 Å². The van der Waals surface area contributed by atoms with Crippen molar-refractivity contribution < 1.29 is 9.18 Å². The summed E-state index contributed by atoms with van der Waals surface area (Å²) in [4.78, 5) is 14.2. The first-order valence-corrected chi connectivity index (χ1v) is 7.61. The van der Waals surface area contributed by atoms with Crippen molar-refractivity contribution in [3.05, 3.63) is 53.6 Å². The fraction of sp³-hybridized carbons (Fsp3) is 0.412. The summed E-state index contributed by atoms with van der Waals surface area (Å²) in [5, 5.41) is 7.10. The Morgan fingerprint density at radius 3 is 2.61 bits per heavy atom. The quantitative estimate of drug-likeness (QED) is 0.890. The third-order valence-corrected chi connectivity index (χ3v) is 3.62. The molecule has 0 saturated heterocycles. The molecule has 0 saturated carbocycles. The van der Waals surface area contributed by atoms with Gasteiger partial charge in [0.15, 0.2) is 0 Å². The molecule has 2 rings (SSSR count). The van der Waals surface area contributed by atoms with Crippen molar-refractivity contribution in [2.24, 2.45) is 0 Å². The summed E-state index contributed by atoms with van der Waals surface area (Å²) in [6.45, 7) is 4.44. The van der Waals surface area contributed by atoms with Crippen molar-refractivity contribution in [3.8, 4) is 0 Å². The molecule has 124 valence electrons. The zero-order valence-corrected chi connectivity index (χ0v) is 14.0. The molecular formula is C17H23FN4O. The van der Waals surface area contributed by atoms with E-state index in [4.69, 9.17) is 0 Å². The van der Waals surface area contributed by atoms with Gasteiger partial charge in [-0.15, -0.1) is 0 Å². The standard InChI is InChI=1S/C17H23FN4O/c1-12(2)22-11-13(10-20-22)9-19-17(23)16(21(3)4)14-7-5-6-8-15(14)18/h5-8,10-12,16H,9H2,1-4H3,(H,19,23)/t16-/m0/s1. The predicted octanol–water partition coefficient (Wildman–Crippen LogP) is 2.52. The maximum absolute atomic E-state index is 14.0. The van der Waals surface area contributed by atoms with Gasteiger partial charge >= 0.3 is 0 Å². The molecule has 0 radical (unpaired) electrons. The molecule has 1 amide bonds. The zero-order chi connectivity index (χ0) is 17.0. The van der Waals surface area contributed by atoms with Crippen molar-refractivity contribution in [2.75, 3.05) is 14.1 Å². The number of amides is 1. The van der Waals surface area contributed by atoms with Crippen LogP contribution in [0.15, 0.2) is 36.7 Å². The summed E-state index contributed by atoms with van der Waals surface area (Å²) in [6.07, 6.45) is 3.63. The molecule has 0 fully saturated rings. The van der Waals surface area contributed by atoms with Gasteiger partial charge in [0.25, 0.3) is 0 Å². The van der Waals surface area contributed by atoms with E-state index in [1.165, 1.54) is 6.07 Å². The van der Waals surface area contributed by atoms with Gasteiger partial charge in [-0.05, 0) is 34.0 Å². The summed E-state index contributed by atoms with van der Waals surface area (Å²) in [5.41, 5.74) is 1.28. The minimum Gasteiger partial charge on any atom is -0.350 e. The van der Waals surface area contributed by atoms with E-state index in [0.717, 1.165) is 5.56 Å². The molecule has 0 aliphatic rings. The second kappa shape index (κ2) is 7.37. The number of nitrogens with zero attached hydrogens (tertiary/aromatic N) is 3. The van der Waals surface area contributed by atoms with Crippen LogP contribution in [0.5, 0.6) is 0 Å². The molecule has 1 N–H and O–H groups in total. The fourth-order valence-corrected chi connectivity index (χ4v) is 2.39. The second-order valence-electron chi connectivity index (χ2n) is 6.03. The average Bonchev–Trinajstić information content (AvgIpc) is 2.96.